The summed E-state index contributed by atoms with van der Waals surface area (Å²) in [5.41, 5.74) is -0.573. The first-order valence-electron chi connectivity index (χ1n) is 7.35. The van der Waals surface area contributed by atoms with Gasteiger partial charge in [-0.25, -0.2) is 9.48 Å². The zero-order chi connectivity index (χ0) is 16.4. The first-order chi connectivity index (χ1) is 11.0. The molecule has 1 aromatic heterocycles. The van der Waals surface area contributed by atoms with Crippen LogP contribution in [-0.2, 0) is 4.79 Å². The molecule has 7 nitrogen and oxygen atoms in total. The zero-order valence-corrected chi connectivity index (χ0v) is 12.4. The van der Waals surface area contributed by atoms with Crippen molar-refractivity contribution in [2.24, 2.45) is 0 Å². The highest BCUT2D eigenvalue weighted by Crippen LogP contribution is 2.25. The third kappa shape index (κ3) is 2.83. The summed E-state index contributed by atoms with van der Waals surface area (Å²) >= 11 is 0. The Labute approximate surface area is 132 Å². The van der Waals surface area contributed by atoms with Crippen molar-refractivity contribution in [1.29, 1.82) is 0 Å². The topological polar surface area (TPSA) is 95.7 Å². The molecule has 120 valence electrons. The largest absolute Gasteiger partial charge is 0.479 e. The number of likely N-dealkylation sites (tertiary alicyclic amines) is 1. The molecule has 2 aromatic rings. The first-order valence-corrected chi connectivity index (χ1v) is 7.35. The average molecular weight is 315 g/mol. The van der Waals surface area contributed by atoms with Gasteiger partial charge in [-0.1, -0.05) is 12.1 Å². The predicted molar refractivity (Wildman–Crippen MR) is 81.3 cm³/mol. The number of para-hydroxylation sites is 1. The summed E-state index contributed by atoms with van der Waals surface area (Å²) in [6.45, 7) is 0.407. The highest BCUT2D eigenvalue weighted by Gasteiger charge is 2.40. The van der Waals surface area contributed by atoms with Crippen molar-refractivity contribution in [3.05, 3.63) is 48.3 Å². The predicted octanol–water partition coefficient (Wildman–Crippen LogP) is 0.924. The van der Waals surface area contributed by atoms with Crippen molar-refractivity contribution in [2.75, 3.05) is 13.1 Å². The Morgan fingerprint density at radius 2 is 1.83 bits per heavy atom. The number of carboxylic acid groups (broad SMARTS) is 1. The third-order valence-corrected chi connectivity index (χ3v) is 4.16. The zero-order valence-electron chi connectivity index (χ0n) is 12.4. The lowest BCUT2D eigenvalue weighted by atomic mass is 9.91. The quantitative estimate of drug-likeness (QED) is 0.878. The van der Waals surface area contributed by atoms with E-state index in [0.717, 1.165) is 0 Å². The van der Waals surface area contributed by atoms with Crippen molar-refractivity contribution >= 4 is 11.9 Å². The number of aliphatic hydroxyl groups is 1. The van der Waals surface area contributed by atoms with Crippen LogP contribution in [0.3, 0.4) is 0 Å². The van der Waals surface area contributed by atoms with Gasteiger partial charge in [-0.05, 0) is 18.2 Å². The number of piperidine rings is 1. The van der Waals surface area contributed by atoms with Crippen LogP contribution in [0.5, 0.6) is 0 Å². The van der Waals surface area contributed by atoms with Crippen LogP contribution in [0.25, 0.3) is 5.69 Å². The smallest absolute Gasteiger partial charge is 0.335 e. The minimum atomic E-state index is -1.74. The number of nitrogens with zero attached hydrogens (tertiary/aromatic N) is 3. The highest BCUT2D eigenvalue weighted by atomic mass is 16.4. The van der Waals surface area contributed by atoms with E-state index in [9.17, 15) is 14.7 Å². The second-order valence-corrected chi connectivity index (χ2v) is 5.60. The van der Waals surface area contributed by atoms with E-state index in [4.69, 9.17) is 5.11 Å². The Morgan fingerprint density at radius 1 is 1.13 bits per heavy atom. The Kier molecular flexibility index (Phi) is 3.87. The maximum atomic E-state index is 12.8. The number of aliphatic carboxylic acids is 1. The number of carbonyl (C=O) groups is 2. The number of hydrogen-bond acceptors (Lipinski definition) is 4. The molecule has 2 heterocycles. The fourth-order valence-corrected chi connectivity index (χ4v) is 2.73. The van der Waals surface area contributed by atoms with E-state index in [0.29, 0.717) is 11.3 Å². The van der Waals surface area contributed by atoms with E-state index >= 15 is 0 Å². The standard InChI is InChI=1S/C16H17N3O4/c20-14(18-10-6-16(23,7-11-18)15(21)22)12-4-1-2-5-13(12)19-9-3-8-17-19/h1-5,8-9,23H,6-7,10-11H2,(H,21,22). The van der Waals surface area contributed by atoms with Gasteiger partial charge in [0, 0.05) is 38.3 Å². The lowest BCUT2D eigenvalue weighted by molar-refractivity contribution is -0.162. The molecule has 0 spiro atoms. The molecular weight excluding hydrogens is 298 g/mol. The summed E-state index contributed by atoms with van der Waals surface area (Å²) < 4.78 is 1.62. The molecule has 0 radical (unpaired) electrons. The van der Waals surface area contributed by atoms with Crippen LogP contribution in [0.2, 0.25) is 0 Å². The summed E-state index contributed by atoms with van der Waals surface area (Å²) in [4.78, 5) is 25.4. The monoisotopic (exact) mass is 315 g/mol. The number of rotatable bonds is 3. The van der Waals surface area contributed by atoms with E-state index in [-0.39, 0.29) is 31.8 Å². The number of aromatic nitrogens is 2. The Bertz CT molecular complexity index is 719. The summed E-state index contributed by atoms with van der Waals surface area (Å²) in [5, 5.41) is 23.2. The maximum Gasteiger partial charge on any atom is 0.335 e. The Morgan fingerprint density at radius 3 is 2.43 bits per heavy atom. The van der Waals surface area contributed by atoms with Gasteiger partial charge in [0.15, 0.2) is 5.60 Å². The van der Waals surface area contributed by atoms with Gasteiger partial charge in [0.2, 0.25) is 0 Å². The van der Waals surface area contributed by atoms with Gasteiger partial charge in [-0.15, -0.1) is 0 Å². The van der Waals surface area contributed by atoms with Gasteiger partial charge in [-0.2, -0.15) is 5.10 Å². The van der Waals surface area contributed by atoms with Crippen molar-refractivity contribution < 1.29 is 19.8 Å². The molecule has 7 heteroatoms. The normalized spacial score (nSPS) is 17.0. The second-order valence-electron chi connectivity index (χ2n) is 5.60. The average Bonchev–Trinajstić information content (AvgIpc) is 3.09. The van der Waals surface area contributed by atoms with Crippen LogP contribution in [0.1, 0.15) is 23.2 Å². The number of hydrogen-bond donors (Lipinski definition) is 2. The van der Waals surface area contributed by atoms with Crippen LogP contribution in [0, 0.1) is 0 Å². The van der Waals surface area contributed by atoms with E-state index in [1.165, 1.54) is 0 Å². The molecule has 1 saturated heterocycles. The molecule has 1 aromatic carbocycles. The van der Waals surface area contributed by atoms with Gasteiger partial charge in [0.1, 0.15) is 0 Å². The molecule has 3 rings (SSSR count). The number of carbonyl (C=O) groups excluding carboxylic acids is 1. The molecule has 2 N–H and O–H groups in total. The van der Waals surface area contributed by atoms with E-state index in [1.54, 1.807) is 46.2 Å². The molecule has 1 aliphatic heterocycles. The molecule has 0 unspecified atom stereocenters. The van der Waals surface area contributed by atoms with Gasteiger partial charge in [0.05, 0.1) is 11.3 Å². The summed E-state index contributed by atoms with van der Waals surface area (Å²) in [5.74, 6) is -1.43. The summed E-state index contributed by atoms with van der Waals surface area (Å²) in [7, 11) is 0. The SMILES string of the molecule is O=C(c1ccccc1-n1cccn1)N1CCC(O)(C(=O)O)CC1. The minimum Gasteiger partial charge on any atom is -0.479 e. The van der Waals surface area contributed by atoms with Crippen molar-refractivity contribution in [3.63, 3.8) is 0 Å². The molecule has 0 atom stereocenters. The number of carboxylic acids is 1. The number of amides is 1. The van der Waals surface area contributed by atoms with Crippen LogP contribution >= 0.6 is 0 Å². The summed E-state index contributed by atoms with van der Waals surface area (Å²) in [6.07, 6.45) is 3.44. The molecule has 1 fully saturated rings. The Hall–Kier alpha value is -2.67. The van der Waals surface area contributed by atoms with E-state index < -0.39 is 11.6 Å². The lowest BCUT2D eigenvalue weighted by Gasteiger charge is -2.35. The van der Waals surface area contributed by atoms with Crippen LogP contribution in [-0.4, -0.2) is 55.5 Å². The fourth-order valence-electron chi connectivity index (χ4n) is 2.73. The van der Waals surface area contributed by atoms with Gasteiger partial charge >= 0.3 is 5.97 Å². The van der Waals surface area contributed by atoms with Crippen molar-refractivity contribution in [2.45, 2.75) is 18.4 Å². The van der Waals surface area contributed by atoms with Crippen LogP contribution in [0.15, 0.2) is 42.7 Å². The highest BCUT2D eigenvalue weighted by molar-refractivity contribution is 5.98. The third-order valence-electron chi connectivity index (χ3n) is 4.16. The lowest BCUT2D eigenvalue weighted by Crippen LogP contribution is -2.50. The molecule has 0 aliphatic carbocycles. The van der Waals surface area contributed by atoms with Gasteiger partial charge in [0.25, 0.3) is 5.91 Å². The number of benzene rings is 1. The molecule has 1 aliphatic rings. The molecule has 1 amide bonds. The van der Waals surface area contributed by atoms with Crippen LogP contribution < -0.4 is 0 Å². The van der Waals surface area contributed by atoms with Gasteiger partial charge in [-0.3, -0.25) is 4.79 Å². The maximum absolute atomic E-state index is 12.8. The summed E-state index contributed by atoms with van der Waals surface area (Å²) in [6, 6.07) is 8.90. The van der Waals surface area contributed by atoms with Crippen molar-refractivity contribution in [3.8, 4) is 5.69 Å². The van der Waals surface area contributed by atoms with E-state index in [1.807, 2.05) is 6.07 Å². The van der Waals surface area contributed by atoms with Crippen molar-refractivity contribution in [1.82, 2.24) is 14.7 Å². The van der Waals surface area contributed by atoms with Gasteiger partial charge < -0.3 is 15.1 Å². The molecular formula is C16H17N3O4. The first kappa shape index (κ1) is 15.2. The molecule has 0 bridgehead atoms. The molecule has 23 heavy (non-hydrogen) atoms. The fraction of sp³-hybridized carbons (Fsp3) is 0.312. The molecule has 0 saturated carbocycles. The second kappa shape index (κ2) is 5.85. The van der Waals surface area contributed by atoms with Crippen LogP contribution in [0.4, 0.5) is 0 Å². The van der Waals surface area contributed by atoms with E-state index in [2.05, 4.69) is 5.10 Å². The Balaban J connectivity index is 1.82. The minimum absolute atomic E-state index is 0.0258.